The average molecular weight is 479 g/mol. The average Bonchev–Trinajstić information content (AvgIpc) is 2.67. The number of nitrogens with zero attached hydrogens (tertiary/aromatic N) is 3. The SMILES string of the molecule is CN=C(NCc1ncccc1C)NC1CCCN(Cc2ccccc2)C1.I. The lowest BCUT2D eigenvalue weighted by Gasteiger charge is -2.34. The van der Waals surface area contributed by atoms with Gasteiger partial charge in [0.1, 0.15) is 0 Å². The number of hydrogen-bond acceptors (Lipinski definition) is 3. The lowest BCUT2D eigenvalue weighted by Crippen LogP contribution is -2.50. The van der Waals surface area contributed by atoms with Crippen molar-refractivity contribution in [2.45, 2.75) is 38.9 Å². The molecule has 0 radical (unpaired) electrons. The number of piperidine rings is 1. The minimum Gasteiger partial charge on any atom is -0.352 e. The molecule has 1 atom stereocenters. The quantitative estimate of drug-likeness (QED) is 0.393. The first kappa shape index (κ1) is 21.6. The molecule has 2 heterocycles. The van der Waals surface area contributed by atoms with Crippen LogP contribution in [0.5, 0.6) is 0 Å². The minimum absolute atomic E-state index is 0. The molecule has 0 bridgehead atoms. The lowest BCUT2D eigenvalue weighted by molar-refractivity contribution is 0.192. The summed E-state index contributed by atoms with van der Waals surface area (Å²) < 4.78 is 0. The van der Waals surface area contributed by atoms with Crippen molar-refractivity contribution in [1.29, 1.82) is 0 Å². The van der Waals surface area contributed by atoms with Crippen molar-refractivity contribution in [3.63, 3.8) is 0 Å². The second kappa shape index (κ2) is 11.2. The van der Waals surface area contributed by atoms with Gasteiger partial charge < -0.3 is 10.6 Å². The van der Waals surface area contributed by atoms with E-state index >= 15 is 0 Å². The third-order valence-corrected chi connectivity index (χ3v) is 4.86. The molecule has 0 spiro atoms. The van der Waals surface area contributed by atoms with Gasteiger partial charge in [-0.15, -0.1) is 24.0 Å². The van der Waals surface area contributed by atoms with Gasteiger partial charge in [-0.3, -0.25) is 14.9 Å². The Bertz CT molecular complexity index is 720. The van der Waals surface area contributed by atoms with Crippen molar-refractivity contribution >= 4 is 29.9 Å². The van der Waals surface area contributed by atoms with E-state index in [1.807, 2.05) is 19.3 Å². The van der Waals surface area contributed by atoms with Crippen molar-refractivity contribution in [1.82, 2.24) is 20.5 Å². The molecule has 6 heteroatoms. The minimum atomic E-state index is 0. The predicted molar refractivity (Wildman–Crippen MR) is 122 cm³/mol. The molecule has 5 nitrogen and oxygen atoms in total. The molecule has 2 aromatic rings. The van der Waals surface area contributed by atoms with Gasteiger partial charge in [-0.2, -0.15) is 0 Å². The molecule has 27 heavy (non-hydrogen) atoms. The number of hydrogen-bond donors (Lipinski definition) is 2. The van der Waals surface area contributed by atoms with E-state index in [0.717, 1.165) is 31.3 Å². The van der Waals surface area contributed by atoms with Gasteiger partial charge in [-0.1, -0.05) is 36.4 Å². The van der Waals surface area contributed by atoms with Crippen LogP contribution in [0.2, 0.25) is 0 Å². The smallest absolute Gasteiger partial charge is 0.191 e. The normalized spacial score (nSPS) is 17.9. The van der Waals surface area contributed by atoms with Gasteiger partial charge in [-0.05, 0) is 43.5 Å². The van der Waals surface area contributed by atoms with Crippen molar-refractivity contribution < 1.29 is 0 Å². The van der Waals surface area contributed by atoms with Crippen LogP contribution in [0, 0.1) is 6.92 Å². The van der Waals surface area contributed by atoms with Crippen LogP contribution in [0.3, 0.4) is 0 Å². The number of guanidine groups is 1. The lowest BCUT2D eigenvalue weighted by atomic mass is 10.0. The molecule has 1 aromatic heterocycles. The molecule has 0 amide bonds. The number of aromatic nitrogens is 1. The maximum absolute atomic E-state index is 4.44. The van der Waals surface area contributed by atoms with Gasteiger partial charge >= 0.3 is 0 Å². The van der Waals surface area contributed by atoms with Crippen LogP contribution in [0.15, 0.2) is 53.7 Å². The van der Waals surface area contributed by atoms with Gasteiger partial charge in [0.2, 0.25) is 0 Å². The number of aliphatic imine (C=N–C) groups is 1. The maximum Gasteiger partial charge on any atom is 0.191 e. The summed E-state index contributed by atoms with van der Waals surface area (Å²) in [4.78, 5) is 11.3. The Morgan fingerprint density at radius 2 is 2.04 bits per heavy atom. The van der Waals surface area contributed by atoms with Gasteiger partial charge in [0.15, 0.2) is 5.96 Å². The first-order valence-electron chi connectivity index (χ1n) is 9.38. The topological polar surface area (TPSA) is 52.6 Å². The molecule has 2 N–H and O–H groups in total. The fourth-order valence-electron chi connectivity index (χ4n) is 3.42. The summed E-state index contributed by atoms with van der Waals surface area (Å²) in [6.07, 6.45) is 4.22. The third-order valence-electron chi connectivity index (χ3n) is 4.86. The van der Waals surface area contributed by atoms with Crippen LogP contribution < -0.4 is 10.6 Å². The van der Waals surface area contributed by atoms with E-state index in [2.05, 4.69) is 68.8 Å². The van der Waals surface area contributed by atoms with E-state index in [1.54, 1.807) is 0 Å². The zero-order chi connectivity index (χ0) is 18.2. The van der Waals surface area contributed by atoms with E-state index in [4.69, 9.17) is 0 Å². The van der Waals surface area contributed by atoms with Gasteiger partial charge in [-0.25, -0.2) is 0 Å². The molecule has 1 unspecified atom stereocenters. The molecule has 1 saturated heterocycles. The Balaban J connectivity index is 0.00000261. The molecule has 1 aliphatic rings. The van der Waals surface area contributed by atoms with Crippen molar-refractivity contribution in [3.8, 4) is 0 Å². The van der Waals surface area contributed by atoms with Crippen molar-refractivity contribution in [3.05, 3.63) is 65.5 Å². The second-order valence-electron chi connectivity index (χ2n) is 6.90. The molecule has 0 saturated carbocycles. The molecule has 1 aromatic carbocycles. The van der Waals surface area contributed by atoms with Crippen LogP contribution >= 0.6 is 24.0 Å². The number of rotatable bonds is 5. The highest BCUT2D eigenvalue weighted by Crippen LogP contribution is 2.13. The Morgan fingerprint density at radius 1 is 1.22 bits per heavy atom. The second-order valence-corrected chi connectivity index (χ2v) is 6.90. The molecule has 3 rings (SSSR count). The van der Waals surface area contributed by atoms with Crippen molar-refractivity contribution in [2.75, 3.05) is 20.1 Å². The first-order valence-corrected chi connectivity index (χ1v) is 9.38. The van der Waals surface area contributed by atoms with E-state index in [0.29, 0.717) is 12.6 Å². The van der Waals surface area contributed by atoms with Crippen LogP contribution in [0.4, 0.5) is 0 Å². The predicted octanol–water partition coefficient (Wildman–Crippen LogP) is 3.34. The third kappa shape index (κ3) is 6.77. The van der Waals surface area contributed by atoms with E-state index in [1.165, 1.54) is 24.0 Å². The molecular formula is C21H30IN5. The molecule has 1 fully saturated rings. The summed E-state index contributed by atoms with van der Waals surface area (Å²) >= 11 is 0. The number of likely N-dealkylation sites (tertiary alicyclic amines) is 1. The number of nitrogens with one attached hydrogen (secondary N) is 2. The standard InChI is InChI=1S/C21H29N5.HI/c1-17-8-6-12-23-20(17)14-24-21(22-2)25-19-11-7-13-26(16-19)15-18-9-4-3-5-10-18;/h3-6,8-10,12,19H,7,11,13-16H2,1-2H3,(H2,22,24,25);1H. The Morgan fingerprint density at radius 3 is 2.78 bits per heavy atom. The van der Waals surface area contributed by atoms with Crippen LogP contribution in [-0.4, -0.2) is 42.0 Å². The number of benzene rings is 1. The summed E-state index contributed by atoms with van der Waals surface area (Å²) in [5, 5.41) is 6.98. The van der Waals surface area contributed by atoms with Crippen molar-refractivity contribution in [2.24, 2.45) is 4.99 Å². The van der Waals surface area contributed by atoms with Gasteiger partial charge in [0, 0.05) is 32.4 Å². The highest BCUT2D eigenvalue weighted by atomic mass is 127. The largest absolute Gasteiger partial charge is 0.352 e. The Hall–Kier alpha value is -1.67. The van der Waals surface area contributed by atoms with Crippen LogP contribution in [0.1, 0.15) is 29.7 Å². The zero-order valence-corrected chi connectivity index (χ0v) is 18.5. The van der Waals surface area contributed by atoms with Gasteiger partial charge in [0.25, 0.3) is 0 Å². The van der Waals surface area contributed by atoms with E-state index in [9.17, 15) is 0 Å². The fourth-order valence-corrected chi connectivity index (χ4v) is 3.42. The maximum atomic E-state index is 4.44. The van der Waals surface area contributed by atoms with E-state index < -0.39 is 0 Å². The number of pyridine rings is 1. The summed E-state index contributed by atoms with van der Waals surface area (Å²) in [6.45, 7) is 5.98. The van der Waals surface area contributed by atoms with Crippen LogP contribution in [-0.2, 0) is 13.1 Å². The molecule has 1 aliphatic heterocycles. The zero-order valence-electron chi connectivity index (χ0n) is 16.2. The molecule has 0 aliphatic carbocycles. The highest BCUT2D eigenvalue weighted by Gasteiger charge is 2.20. The molecule has 146 valence electrons. The Labute approximate surface area is 179 Å². The van der Waals surface area contributed by atoms with E-state index in [-0.39, 0.29) is 24.0 Å². The van der Waals surface area contributed by atoms with Crippen LogP contribution in [0.25, 0.3) is 0 Å². The molecular weight excluding hydrogens is 449 g/mol. The monoisotopic (exact) mass is 479 g/mol. The van der Waals surface area contributed by atoms with Gasteiger partial charge in [0.05, 0.1) is 12.2 Å². The summed E-state index contributed by atoms with van der Waals surface area (Å²) in [5.41, 5.74) is 3.63. The number of halogens is 1. The summed E-state index contributed by atoms with van der Waals surface area (Å²) in [6, 6.07) is 15.2. The first-order chi connectivity index (χ1) is 12.7. The Kier molecular flexibility index (Phi) is 9.00. The summed E-state index contributed by atoms with van der Waals surface area (Å²) in [7, 11) is 1.82. The summed E-state index contributed by atoms with van der Waals surface area (Å²) in [5.74, 6) is 0.849. The fraction of sp³-hybridized carbons (Fsp3) is 0.429. The number of aryl methyl sites for hydroxylation is 1. The highest BCUT2D eigenvalue weighted by molar-refractivity contribution is 14.0.